The number of anilines is 1. The van der Waals surface area contributed by atoms with Crippen molar-refractivity contribution in [1.29, 1.82) is 0 Å². The third-order valence-corrected chi connectivity index (χ3v) is 6.35. The lowest BCUT2D eigenvalue weighted by Crippen LogP contribution is -2.47. The molecule has 0 aliphatic heterocycles. The van der Waals surface area contributed by atoms with E-state index < -0.39 is 21.9 Å². The Labute approximate surface area is 189 Å². The summed E-state index contributed by atoms with van der Waals surface area (Å²) in [5, 5.41) is 2.51. The molecule has 9 heteroatoms. The third-order valence-electron chi connectivity index (χ3n) is 5.15. The van der Waals surface area contributed by atoms with Gasteiger partial charge in [-0.15, -0.1) is 0 Å². The van der Waals surface area contributed by atoms with Crippen LogP contribution in [0, 0.1) is 12.7 Å². The Hall–Kier alpha value is -2.94. The molecule has 0 unspecified atom stereocenters. The molecular weight excluding hydrogens is 433 g/mol. The normalized spacial score (nSPS) is 12.2. The Balaban J connectivity index is 2.15. The van der Waals surface area contributed by atoms with E-state index in [1.165, 1.54) is 22.3 Å². The first-order chi connectivity index (χ1) is 15.0. The van der Waals surface area contributed by atoms with Gasteiger partial charge < -0.3 is 10.2 Å². The highest BCUT2D eigenvalue weighted by Gasteiger charge is 2.26. The predicted octanol–water partition coefficient (Wildman–Crippen LogP) is 2.84. The van der Waals surface area contributed by atoms with Crippen LogP contribution in [-0.2, 0) is 26.2 Å². The molecule has 0 aromatic heterocycles. The largest absolute Gasteiger partial charge is 0.357 e. The number of nitrogens with one attached hydrogen (secondary N) is 1. The lowest BCUT2D eigenvalue weighted by Gasteiger charge is -2.29. The van der Waals surface area contributed by atoms with Gasteiger partial charge in [0.05, 0.1) is 11.9 Å². The van der Waals surface area contributed by atoms with E-state index in [-0.39, 0.29) is 37.7 Å². The Morgan fingerprint density at radius 3 is 2.41 bits per heavy atom. The van der Waals surface area contributed by atoms with Crippen LogP contribution in [-0.4, -0.2) is 51.0 Å². The van der Waals surface area contributed by atoms with Gasteiger partial charge in [-0.2, -0.15) is 0 Å². The summed E-state index contributed by atoms with van der Waals surface area (Å²) in [4.78, 5) is 26.5. The molecule has 2 amide bonds. The molecule has 1 atom stereocenters. The smallest absolute Gasteiger partial charge is 0.242 e. The first kappa shape index (κ1) is 25.3. The molecule has 0 heterocycles. The van der Waals surface area contributed by atoms with Crippen molar-refractivity contribution in [3.8, 4) is 0 Å². The van der Waals surface area contributed by atoms with E-state index in [2.05, 4.69) is 5.32 Å². The SMILES string of the molecule is CNC(=O)[C@@H](C)N(Cc1ccccc1F)C(=O)CCCN(c1cccc(C)c1)S(C)(=O)=O. The highest BCUT2D eigenvalue weighted by molar-refractivity contribution is 7.92. The molecule has 0 aliphatic carbocycles. The van der Waals surface area contributed by atoms with E-state index in [1.54, 1.807) is 43.3 Å². The summed E-state index contributed by atoms with van der Waals surface area (Å²) in [6.45, 7) is 3.49. The van der Waals surface area contributed by atoms with E-state index >= 15 is 0 Å². The molecular formula is C23H30FN3O4S. The maximum atomic E-state index is 14.2. The summed E-state index contributed by atoms with van der Waals surface area (Å²) in [5.74, 6) is -1.19. The van der Waals surface area contributed by atoms with Gasteiger partial charge in [0, 0.05) is 32.1 Å². The molecule has 2 aromatic rings. The topological polar surface area (TPSA) is 86.8 Å². The number of sulfonamides is 1. The first-order valence-corrected chi connectivity index (χ1v) is 12.2. The number of carbonyl (C=O) groups excluding carboxylic acids is 2. The fraction of sp³-hybridized carbons (Fsp3) is 0.391. The molecule has 174 valence electrons. The Morgan fingerprint density at radius 2 is 1.81 bits per heavy atom. The number of rotatable bonds is 10. The molecule has 0 saturated heterocycles. The van der Waals surface area contributed by atoms with Crippen LogP contribution in [0.3, 0.4) is 0 Å². The Morgan fingerprint density at radius 1 is 1.12 bits per heavy atom. The molecule has 0 spiro atoms. The summed E-state index contributed by atoms with van der Waals surface area (Å²) in [6, 6.07) is 12.4. The quantitative estimate of drug-likeness (QED) is 0.587. The molecule has 1 N–H and O–H groups in total. The minimum Gasteiger partial charge on any atom is -0.357 e. The van der Waals surface area contributed by atoms with Crippen LogP contribution < -0.4 is 9.62 Å². The van der Waals surface area contributed by atoms with Crippen LogP contribution in [0.1, 0.15) is 30.9 Å². The lowest BCUT2D eigenvalue weighted by molar-refractivity contribution is -0.140. The predicted molar refractivity (Wildman–Crippen MR) is 123 cm³/mol. The summed E-state index contributed by atoms with van der Waals surface area (Å²) in [7, 11) is -2.08. The van der Waals surface area contributed by atoms with Crippen LogP contribution in [0.5, 0.6) is 0 Å². The van der Waals surface area contributed by atoms with Crippen LogP contribution in [0.2, 0.25) is 0 Å². The Bertz CT molecular complexity index is 1060. The summed E-state index contributed by atoms with van der Waals surface area (Å²) in [5.41, 5.74) is 1.75. The zero-order valence-corrected chi connectivity index (χ0v) is 19.7. The van der Waals surface area contributed by atoms with E-state index in [4.69, 9.17) is 0 Å². The summed E-state index contributed by atoms with van der Waals surface area (Å²) >= 11 is 0. The monoisotopic (exact) mass is 463 g/mol. The zero-order valence-electron chi connectivity index (χ0n) is 18.8. The maximum Gasteiger partial charge on any atom is 0.242 e. The number of halogens is 1. The number of aryl methyl sites for hydroxylation is 1. The van der Waals surface area contributed by atoms with E-state index in [1.807, 2.05) is 13.0 Å². The van der Waals surface area contributed by atoms with Gasteiger partial charge in [-0.05, 0) is 44.0 Å². The highest BCUT2D eigenvalue weighted by Crippen LogP contribution is 2.20. The van der Waals surface area contributed by atoms with Crippen molar-refractivity contribution >= 4 is 27.5 Å². The number of amides is 2. The second kappa shape index (κ2) is 11.1. The third kappa shape index (κ3) is 6.78. The average Bonchev–Trinajstić information content (AvgIpc) is 2.74. The van der Waals surface area contributed by atoms with Crippen molar-refractivity contribution in [2.75, 3.05) is 24.2 Å². The highest BCUT2D eigenvalue weighted by atomic mass is 32.2. The first-order valence-electron chi connectivity index (χ1n) is 10.3. The van der Waals surface area contributed by atoms with Gasteiger partial charge in [-0.1, -0.05) is 30.3 Å². The van der Waals surface area contributed by atoms with Gasteiger partial charge in [-0.25, -0.2) is 12.8 Å². The van der Waals surface area contributed by atoms with Crippen molar-refractivity contribution in [1.82, 2.24) is 10.2 Å². The van der Waals surface area contributed by atoms with Crippen LogP contribution in [0.25, 0.3) is 0 Å². The van der Waals surface area contributed by atoms with Crippen LogP contribution in [0.4, 0.5) is 10.1 Å². The fourth-order valence-corrected chi connectivity index (χ4v) is 4.35. The van der Waals surface area contributed by atoms with Crippen LogP contribution in [0.15, 0.2) is 48.5 Å². The Kier molecular flexibility index (Phi) is 8.77. The summed E-state index contributed by atoms with van der Waals surface area (Å²) < 4.78 is 40.0. The molecule has 0 aliphatic rings. The molecule has 32 heavy (non-hydrogen) atoms. The van der Waals surface area contributed by atoms with Crippen molar-refractivity contribution in [2.24, 2.45) is 0 Å². The van der Waals surface area contributed by atoms with Gasteiger partial charge in [0.2, 0.25) is 21.8 Å². The van der Waals surface area contributed by atoms with Crippen molar-refractivity contribution in [3.05, 3.63) is 65.5 Å². The lowest BCUT2D eigenvalue weighted by atomic mass is 10.1. The van der Waals surface area contributed by atoms with Crippen molar-refractivity contribution in [3.63, 3.8) is 0 Å². The zero-order chi connectivity index (χ0) is 23.9. The second-order valence-corrected chi connectivity index (χ2v) is 9.59. The van der Waals surface area contributed by atoms with Gasteiger partial charge >= 0.3 is 0 Å². The van der Waals surface area contributed by atoms with Gasteiger partial charge in [0.1, 0.15) is 11.9 Å². The number of hydrogen-bond donors (Lipinski definition) is 1. The molecule has 2 aromatic carbocycles. The van der Waals surface area contributed by atoms with E-state index in [0.29, 0.717) is 11.3 Å². The maximum absolute atomic E-state index is 14.2. The molecule has 2 rings (SSSR count). The number of hydrogen-bond acceptors (Lipinski definition) is 4. The summed E-state index contributed by atoms with van der Waals surface area (Å²) in [6.07, 6.45) is 1.37. The number of benzene rings is 2. The molecule has 0 bridgehead atoms. The number of likely N-dealkylation sites (N-methyl/N-ethyl adjacent to an activating group) is 1. The fourth-order valence-electron chi connectivity index (χ4n) is 3.39. The van der Waals surface area contributed by atoms with Gasteiger partial charge in [0.25, 0.3) is 0 Å². The van der Waals surface area contributed by atoms with Gasteiger partial charge in [0.15, 0.2) is 0 Å². The van der Waals surface area contributed by atoms with E-state index in [9.17, 15) is 22.4 Å². The number of nitrogens with zero attached hydrogens (tertiary/aromatic N) is 2. The van der Waals surface area contributed by atoms with Gasteiger partial charge in [-0.3, -0.25) is 13.9 Å². The molecule has 0 fully saturated rings. The minimum atomic E-state index is -3.55. The van der Waals surface area contributed by atoms with Crippen LogP contribution >= 0.6 is 0 Å². The molecule has 7 nitrogen and oxygen atoms in total. The molecule has 0 saturated carbocycles. The number of carbonyl (C=O) groups is 2. The minimum absolute atomic E-state index is 0.00756. The van der Waals surface area contributed by atoms with Crippen molar-refractivity contribution < 1.29 is 22.4 Å². The van der Waals surface area contributed by atoms with Crippen molar-refractivity contribution in [2.45, 2.75) is 39.3 Å². The average molecular weight is 464 g/mol. The second-order valence-electron chi connectivity index (χ2n) is 7.68. The standard InChI is InChI=1S/C23H30FN3O4S/c1-17-9-7-11-20(15-17)27(32(4,30)31)14-8-13-22(28)26(18(2)23(29)25-3)16-19-10-5-6-12-21(19)24/h5-7,9-12,15,18H,8,13-14,16H2,1-4H3,(H,25,29)/t18-/m1/s1. The van der Waals surface area contributed by atoms with E-state index in [0.717, 1.165) is 11.8 Å². The molecule has 0 radical (unpaired) electrons.